The van der Waals surface area contributed by atoms with Gasteiger partial charge in [-0.1, -0.05) is 19.9 Å². The largest absolute Gasteiger partial charge is 0.496 e. The number of likely N-dealkylation sites (tertiary alicyclic amines) is 1. The molecule has 2 aromatic rings. The third-order valence-electron chi connectivity index (χ3n) is 8.57. The minimum absolute atomic E-state index is 0.00762. The minimum Gasteiger partial charge on any atom is -0.496 e. The molecule has 1 aliphatic heterocycles. The molecular formula is C27H33N3O6. The number of aromatic nitrogens is 1. The molecule has 36 heavy (non-hydrogen) atoms. The van der Waals surface area contributed by atoms with Crippen molar-refractivity contribution in [2.75, 3.05) is 20.8 Å². The summed E-state index contributed by atoms with van der Waals surface area (Å²) in [6.45, 7) is 4.67. The second kappa shape index (κ2) is 8.94. The number of piperidine rings is 1. The van der Waals surface area contributed by atoms with E-state index in [9.17, 15) is 19.2 Å². The van der Waals surface area contributed by atoms with Crippen LogP contribution in [0.3, 0.4) is 0 Å². The number of carbonyl (C=O) groups is 4. The molecule has 2 heterocycles. The number of nitrogens with one attached hydrogen (secondary N) is 2. The number of Topliss-reactive ketones (excluding diaryl/α,β-unsaturated/α-hetero) is 1. The number of fused-ring (bicyclic) bond motifs is 2. The number of rotatable bonds is 7. The van der Waals surface area contributed by atoms with Crippen LogP contribution in [0.4, 0.5) is 0 Å². The summed E-state index contributed by atoms with van der Waals surface area (Å²) in [5, 5.41) is 3.64. The standard InChI is InChI=1S/C27H33N3O6/c1-27(2)16-13-30(25(33)18-12-15-17(28-18)8-6-10-21(15)35-3)23(22(16)27)24(32)29-19(26(34)36-4)11-14-7-5-9-20(14)31/h6,8,10,12,14,16,19,22-23,28H,5,7,9,11,13H2,1-4H3,(H,29,32)/t14-,16-,19-,22-,23-/m0/s1. The Morgan fingerprint density at radius 2 is 2.03 bits per heavy atom. The number of carbonyl (C=O) groups excluding carboxylic acids is 4. The number of esters is 1. The molecule has 2 saturated carbocycles. The average Bonchev–Trinajstić information content (AvgIpc) is 3.38. The van der Waals surface area contributed by atoms with E-state index in [4.69, 9.17) is 9.47 Å². The predicted octanol–water partition coefficient (Wildman–Crippen LogP) is 2.69. The lowest BCUT2D eigenvalue weighted by molar-refractivity contribution is -0.146. The summed E-state index contributed by atoms with van der Waals surface area (Å²) >= 11 is 0. The number of benzene rings is 1. The number of ketones is 1. The van der Waals surface area contributed by atoms with E-state index in [1.54, 1.807) is 18.1 Å². The van der Waals surface area contributed by atoms with Crippen LogP contribution in [-0.2, 0) is 19.1 Å². The molecule has 5 atom stereocenters. The van der Waals surface area contributed by atoms with E-state index in [0.717, 1.165) is 17.3 Å². The fourth-order valence-electron chi connectivity index (χ4n) is 6.41. The third-order valence-corrected chi connectivity index (χ3v) is 8.57. The summed E-state index contributed by atoms with van der Waals surface area (Å²) < 4.78 is 10.4. The Kier molecular flexibility index (Phi) is 6.04. The highest BCUT2D eigenvalue weighted by atomic mass is 16.5. The molecule has 1 aromatic heterocycles. The molecule has 9 heteroatoms. The topological polar surface area (TPSA) is 118 Å². The monoisotopic (exact) mass is 495 g/mol. The van der Waals surface area contributed by atoms with Gasteiger partial charge in [0.2, 0.25) is 5.91 Å². The summed E-state index contributed by atoms with van der Waals surface area (Å²) in [6, 6.07) is 5.66. The zero-order valence-electron chi connectivity index (χ0n) is 21.1. The van der Waals surface area contributed by atoms with Crippen molar-refractivity contribution in [3.8, 4) is 5.75 Å². The van der Waals surface area contributed by atoms with Crippen LogP contribution in [-0.4, -0.2) is 66.3 Å². The molecule has 9 nitrogen and oxygen atoms in total. The molecule has 2 amide bonds. The molecule has 0 radical (unpaired) electrons. The Hall–Kier alpha value is -3.36. The van der Waals surface area contributed by atoms with Gasteiger partial charge >= 0.3 is 5.97 Å². The maximum Gasteiger partial charge on any atom is 0.328 e. The molecule has 0 spiro atoms. The van der Waals surface area contributed by atoms with Crippen molar-refractivity contribution in [3.63, 3.8) is 0 Å². The zero-order valence-corrected chi connectivity index (χ0v) is 21.1. The van der Waals surface area contributed by atoms with E-state index in [2.05, 4.69) is 24.1 Å². The lowest BCUT2D eigenvalue weighted by Crippen LogP contribution is -2.54. The second-order valence-electron chi connectivity index (χ2n) is 10.8. The molecule has 0 bridgehead atoms. The highest BCUT2D eigenvalue weighted by Crippen LogP contribution is 2.65. The highest BCUT2D eigenvalue weighted by molar-refractivity contribution is 6.02. The summed E-state index contributed by atoms with van der Waals surface area (Å²) in [7, 11) is 2.85. The first-order chi connectivity index (χ1) is 17.2. The van der Waals surface area contributed by atoms with Crippen molar-refractivity contribution in [2.24, 2.45) is 23.2 Å². The summed E-state index contributed by atoms with van der Waals surface area (Å²) in [6.07, 6.45) is 2.23. The van der Waals surface area contributed by atoms with Crippen molar-refractivity contribution in [1.82, 2.24) is 15.2 Å². The SMILES string of the molecule is COC(=O)[C@H](C[C@@H]1CCCC1=O)NC(=O)[C@@H]1[C@@H]2[C@H](CN1C(=O)c1cc3c(OC)cccc3[nH]1)C2(C)C. The first kappa shape index (κ1) is 24.3. The number of H-pyrrole nitrogens is 1. The molecule has 3 aliphatic rings. The lowest BCUT2D eigenvalue weighted by Gasteiger charge is -2.31. The van der Waals surface area contributed by atoms with E-state index in [1.165, 1.54) is 7.11 Å². The van der Waals surface area contributed by atoms with Gasteiger partial charge in [0, 0.05) is 29.8 Å². The second-order valence-corrected chi connectivity index (χ2v) is 10.8. The van der Waals surface area contributed by atoms with Crippen LogP contribution in [0.5, 0.6) is 5.75 Å². The summed E-state index contributed by atoms with van der Waals surface area (Å²) in [4.78, 5) is 56.8. The smallest absolute Gasteiger partial charge is 0.328 e. The number of amides is 2. The van der Waals surface area contributed by atoms with Crippen LogP contribution in [0.25, 0.3) is 10.9 Å². The fraction of sp³-hybridized carbons (Fsp3) is 0.556. The molecule has 192 valence electrons. The molecule has 2 aliphatic carbocycles. The van der Waals surface area contributed by atoms with Crippen molar-refractivity contribution >= 4 is 34.5 Å². The third kappa shape index (κ3) is 3.94. The average molecular weight is 496 g/mol. The first-order valence-corrected chi connectivity index (χ1v) is 12.5. The Bertz CT molecular complexity index is 1230. The van der Waals surface area contributed by atoms with Gasteiger partial charge in [-0.2, -0.15) is 0 Å². The summed E-state index contributed by atoms with van der Waals surface area (Å²) in [5.74, 6) is -0.516. The number of ether oxygens (including phenoxy) is 2. The molecule has 1 saturated heterocycles. The van der Waals surface area contributed by atoms with Gasteiger partial charge in [-0.15, -0.1) is 0 Å². The van der Waals surface area contributed by atoms with Crippen molar-refractivity contribution < 1.29 is 28.7 Å². The van der Waals surface area contributed by atoms with Gasteiger partial charge in [-0.3, -0.25) is 14.4 Å². The first-order valence-electron chi connectivity index (χ1n) is 12.5. The summed E-state index contributed by atoms with van der Waals surface area (Å²) in [5.41, 5.74) is 1.08. The zero-order chi connectivity index (χ0) is 25.8. The van der Waals surface area contributed by atoms with Crippen LogP contribution in [0.15, 0.2) is 24.3 Å². The maximum absolute atomic E-state index is 13.6. The van der Waals surface area contributed by atoms with Crippen molar-refractivity contribution in [3.05, 3.63) is 30.0 Å². The number of methoxy groups -OCH3 is 2. The molecule has 1 aromatic carbocycles. The van der Waals surface area contributed by atoms with Crippen molar-refractivity contribution in [2.45, 2.75) is 51.6 Å². The van der Waals surface area contributed by atoms with Crippen molar-refractivity contribution in [1.29, 1.82) is 0 Å². The maximum atomic E-state index is 13.6. The fourth-order valence-corrected chi connectivity index (χ4v) is 6.41. The number of hydrogen-bond donors (Lipinski definition) is 2. The Labute approximate surface area is 209 Å². The van der Waals surface area contributed by atoms with Crippen LogP contribution < -0.4 is 10.1 Å². The van der Waals surface area contributed by atoms with Gasteiger partial charge in [0.05, 0.1) is 14.2 Å². The van der Waals surface area contributed by atoms with Gasteiger partial charge in [-0.25, -0.2) is 4.79 Å². The van der Waals surface area contributed by atoms with E-state index < -0.39 is 18.1 Å². The molecule has 2 N–H and O–H groups in total. The van der Waals surface area contributed by atoms with E-state index in [-0.39, 0.29) is 47.2 Å². The number of nitrogens with zero attached hydrogens (tertiary/aromatic N) is 1. The van der Waals surface area contributed by atoms with E-state index in [1.807, 2.05) is 18.2 Å². The highest BCUT2D eigenvalue weighted by Gasteiger charge is 2.69. The van der Waals surface area contributed by atoms with Gasteiger partial charge in [0.15, 0.2) is 0 Å². The Morgan fingerprint density at radius 3 is 2.69 bits per heavy atom. The quantitative estimate of drug-likeness (QED) is 0.571. The van der Waals surface area contributed by atoms with Gasteiger partial charge < -0.3 is 24.7 Å². The Balaban J connectivity index is 1.39. The van der Waals surface area contributed by atoms with Crippen LogP contribution in [0.1, 0.15) is 50.0 Å². The van der Waals surface area contributed by atoms with E-state index >= 15 is 0 Å². The van der Waals surface area contributed by atoms with Crippen LogP contribution in [0, 0.1) is 23.2 Å². The van der Waals surface area contributed by atoms with Gasteiger partial charge in [0.25, 0.3) is 5.91 Å². The molecule has 5 rings (SSSR count). The minimum atomic E-state index is -0.926. The number of aromatic amines is 1. The molecule has 0 unspecified atom stereocenters. The van der Waals surface area contributed by atoms with Crippen LogP contribution >= 0.6 is 0 Å². The normalized spacial score (nSPS) is 27.0. The number of hydrogen-bond acceptors (Lipinski definition) is 6. The lowest BCUT2D eigenvalue weighted by atomic mass is 9.96. The van der Waals surface area contributed by atoms with Gasteiger partial charge in [0.1, 0.15) is 29.3 Å². The van der Waals surface area contributed by atoms with Crippen LogP contribution in [0.2, 0.25) is 0 Å². The molecular weight excluding hydrogens is 462 g/mol. The van der Waals surface area contributed by atoms with E-state index in [0.29, 0.717) is 30.8 Å². The van der Waals surface area contributed by atoms with Gasteiger partial charge in [-0.05, 0) is 54.7 Å². The Morgan fingerprint density at radius 1 is 1.25 bits per heavy atom. The predicted molar refractivity (Wildman–Crippen MR) is 131 cm³/mol. The molecule has 3 fully saturated rings.